The van der Waals surface area contributed by atoms with Gasteiger partial charge in [-0.1, -0.05) is 19.3 Å². The van der Waals surface area contributed by atoms with E-state index in [9.17, 15) is 0 Å². The maximum atomic E-state index is 4.86. The van der Waals surface area contributed by atoms with Crippen LogP contribution in [0.15, 0.2) is 12.3 Å². The second-order valence-electron chi connectivity index (χ2n) is 7.60. The van der Waals surface area contributed by atoms with E-state index in [1.54, 1.807) is 0 Å². The van der Waals surface area contributed by atoms with Crippen LogP contribution in [-0.4, -0.2) is 39.4 Å². The zero-order valence-electron chi connectivity index (χ0n) is 13.8. The molecule has 2 heterocycles. The molecule has 1 aromatic rings. The number of hydrogen-bond donors (Lipinski definition) is 1. The smallest absolute Gasteiger partial charge is 0.0765 e. The highest BCUT2D eigenvalue weighted by Crippen LogP contribution is 2.27. The summed E-state index contributed by atoms with van der Waals surface area (Å²) in [7, 11) is 0. The minimum absolute atomic E-state index is 0.207. The molecule has 1 saturated heterocycles. The second-order valence-corrected chi connectivity index (χ2v) is 7.60. The maximum Gasteiger partial charge on any atom is 0.0765 e. The van der Waals surface area contributed by atoms with Crippen molar-refractivity contribution >= 4 is 0 Å². The Morgan fingerprint density at radius 1 is 1.29 bits per heavy atom. The summed E-state index contributed by atoms with van der Waals surface area (Å²) in [6.45, 7) is 10.0. The monoisotopic (exact) mass is 290 g/mol. The van der Waals surface area contributed by atoms with Gasteiger partial charge < -0.3 is 5.32 Å². The van der Waals surface area contributed by atoms with Gasteiger partial charge in [0.05, 0.1) is 11.7 Å². The summed E-state index contributed by atoms with van der Waals surface area (Å²) < 4.78 is 2.23. The predicted molar refractivity (Wildman–Crippen MR) is 86.3 cm³/mol. The number of nitrogens with zero attached hydrogens (tertiary/aromatic N) is 3. The highest BCUT2D eigenvalue weighted by atomic mass is 15.3. The van der Waals surface area contributed by atoms with E-state index in [2.05, 4.69) is 47.9 Å². The quantitative estimate of drug-likeness (QED) is 0.929. The molecule has 0 aromatic carbocycles. The minimum atomic E-state index is 0.207. The molecule has 4 nitrogen and oxygen atoms in total. The minimum Gasteiger partial charge on any atom is -0.309 e. The number of nitrogens with one attached hydrogen (secondary N) is 1. The summed E-state index contributed by atoms with van der Waals surface area (Å²) in [6.07, 6.45) is 8.93. The van der Waals surface area contributed by atoms with Crippen LogP contribution in [0.3, 0.4) is 0 Å². The molecule has 2 fully saturated rings. The van der Waals surface area contributed by atoms with Crippen molar-refractivity contribution in [1.29, 1.82) is 0 Å². The van der Waals surface area contributed by atoms with Gasteiger partial charge in [-0.25, -0.2) is 0 Å². The van der Waals surface area contributed by atoms with Crippen molar-refractivity contribution in [3.8, 4) is 0 Å². The van der Waals surface area contributed by atoms with E-state index in [1.807, 2.05) is 0 Å². The van der Waals surface area contributed by atoms with Gasteiger partial charge in [0.2, 0.25) is 0 Å². The largest absolute Gasteiger partial charge is 0.309 e. The molecule has 1 unspecified atom stereocenters. The summed E-state index contributed by atoms with van der Waals surface area (Å²) in [5, 5.41) is 8.48. The van der Waals surface area contributed by atoms with Crippen LogP contribution < -0.4 is 5.32 Å². The fourth-order valence-electron chi connectivity index (χ4n) is 3.70. The van der Waals surface area contributed by atoms with Crippen molar-refractivity contribution in [3.05, 3.63) is 18.0 Å². The predicted octanol–water partition coefficient (Wildman–Crippen LogP) is 2.96. The Balaban J connectivity index is 1.63. The van der Waals surface area contributed by atoms with Crippen molar-refractivity contribution in [2.75, 3.05) is 13.1 Å². The molecule has 1 N–H and O–H groups in total. The van der Waals surface area contributed by atoms with E-state index in [0.29, 0.717) is 12.1 Å². The van der Waals surface area contributed by atoms with Gasteiger partial charge in [0, 0.05) is 37.4 Å². The Morgan fingerprint density at radius 2 is 2.05 bits per heavy atom. The van der Waals surface area contributed by atoms with E-state index >= 15 is 0 Å². The van der Waals surface area contributed by atoms with Gasteiger partial charge in [-0.05, 0) is 39.7 Å². The maximum absolute atomic E-state index is 4.86. The Hall–Kier alpha value is -0.870. The van der Waals surface area contributed by atoms with Crippen LogP contribution >= 0.6 is 0 Å². The molecule has 1 saturated carbocycles. The summed E-state index contributed by atoms with van der Waals surface area (Å²) in [5.41, 5.74) is 1.43. The average Bonchev–Trinajstić information content (AvgIpc) is 2.92. The molecule has 3 rings (SSSR count). The van der Waals surface area contributed by atoms with Gasteiger partial charge in [-0.2, -0.15) is 5.10 Å². The molecule has 21 heavy (non-hydrogen) atoms. The Morgan fingerprint density at radius 3 is 2.81 bits per heavy atom. The number of rotatable bonds is 3. The number of hydrogen-bond acceptors (Lipinski definition) is 3. The molecule has 0 spiro atoms. The second kappa shape index (κ2) is 6.09. The third-order valence-corrected chi connectivity index (χ3v) is 5.08. The number of piperazine rings is 1. The SMILES string of the molecule is CC1CNC(C)(C)CN1Cc1ccn(C2CCCCC2)n1. The van der Waals surface area contributed by atoms with Crippen molar-refractivity contribution < 1.29 is 0 Å². The highest BCUT2D eigenvalue weighted by Gasteiger charge is 2.30. The highest BCUT2D eigenvalue weighted by molar-refractivity contribution is 5.02. The third-order valence-electron chi connectivity index (χ3n) is 5.08. The van der Waals surface area contributed by atoms with Gasteiger partial charge in [-0.3, -0.25) is 9.58 Å². The molecule has 2 aliphatic rings. The summed E-state index contributed by atoms with van der Waals surface area (Å²) >= 11 is 0. The Bertz CT molecular complexity index is 459. The van der Waals surface area contributed by atoms with E-state index in [0.717, 1.165) is 19.6 Å². The van der Waals surface area contributed by atoms with Crippen LogP contribution in [0.4, 0.5) is 0 Å². The lowest BCUT2D eigenvalue weighted by Gasteiger charge is -2.43. The van der Waals surface area contributed by atoms with Gasteiger partial charge in [0.15, 0.2) is 0 Å². The Kier molecular flexibility index (Phi) is 4.36. The molecule has 1 atom stereocenters. The Labute approximate surface area is 128 Å². The zero-order valence-corrected chi connectivity index (χ0v) is 13.8. The van der Waals surface area contributed by atoms with Crippen LogP contribution in [0, 0.1) is 0 Å². The molecule has 0 amide bonds. The molecule has 1 aliphatic heterocycles. The third kappa shape index (κ3) is 3.67. The van der Waals surface area contributed by atoms with Crippen LogP contribution in [-0.2, 0) is 6.54 Å². The van der Waals surface area contributed by atoms with Crippen molar-refractivity contribution in [1.82, 2.24) is 20.0 Å². The van der Waals surface area contributed by atoms with Crippen LogP contribution in [0.1, 0.15) is 64.6 Å². The van der Waals surface area contributed by atoms with E-state index in [1.165, 1.54) is 37.8 Å². The van der Waals surface area contributed by atoms with E-state index in [4.69, 9.17) is 5.10 Å². The van der Waals surface area contributed by atoms with Gasteiger partial charge in [0.25, 0.3) is 0 Å². The molecule has 0 bridgehead atoms. The molecule has 4 heteroatoms. The average molecular weight is 290 g/mol. The molecule has 118 valence electrons. The standard InChI is InChI=1S/C17H30N4/c1-14-11-18-17(2,3)13-20(14)12-15-9-10-21(19-15)16-7-5-4-6-8-16/h9-10,14,16,18H,4-8,11-13H2,1-3H3. The number of aromatic nitrogens is 2. The first-order valence-electron chi connectivity index (χ1n) is 8.57. The molecular formula is C17H30N4. The first kappa shape index (κ1) is 15.0. The van der Waals surface area contributed by atoms with Crippen LogP contribution in [0.5, 0.6) is 0 Å². The van der Waals surface area contributed by atoms with Gasteiger partial charge in [-0.15, -0.1) is 0 Å². The fraction of sp³-hybridized carbons (Fsp3) is 0.824. The fourth-order valence-corrected chi connectivity index (χ4v) is 3.70. The normalized spacial score (nSPS) is 27.9. The topological polar surface area (TPSA) is 33.1 Å². The summed E-state index contributed by atoms with van der Waals surface area (Å²) in [4.78, 5) is 2.56. The van der Waals surface area contributed by atoms with Crippen LogP contribution in [0.25, 0.3) is 0 Å². The van der Waals surface area contributed by atoms with E-state index in [-0.39, 0.29) is 5.54 Å². The van der Waals surface area contributed by atoms with Crippen molar-refractivity contribution in [2.45, 2.75) is 77.0 Å². The van der Waals surface area contributed by atoms with Gasteiger partial charge >= 0.3 is 0 Å². The lowest BCUT2D eigenvalue weighted by molar-refractivity contribution is 0.0961. The van der Waals surface area contributed by atoms with Crippen molar-refractivity contribution in [3.63, 3.8) is 0 Å². The van der Waals surface area contributed by atoms with Crippen LogP contribution in [0.2, 0.25) is 0 Å². The molecule has 0 radical (unpaired) electrons. The van der Waals surface area contributed by atoms with E-state index < -0.39 is 0 Å². The van der Waals surface area contributed by atoms with Gasteiger partial charge in [0.1, 0.15) is 0 Å². The lowest BCUT2D eigenvalue weighted by atomic mass is 9.96. The first-order chi connectivity index (χ1) is 10.0. The summed E-state index contributed by atoms with van der Waals surface area (Å²) in [5.74, 6) is 0. The molecular weight excluding hydrogens is 260 g/mol. The molecule has 1 aromatic heterocycles. The zero-order chi connectivity index (χ0) is 14.9. The first-order valence-corrected chi connectivity index (χ1v) is 8.57. The van der Waals surface area contributed by atoms with Crippen molar-refractivity contribution in [2.24, 2.45) is 0 Å². The lowest BCUT2D eigenvalue weighted by Crippen LogP contribution is -2.60. The summed E-state index contributed by atoms with van der Waals surface area (Å²) in [6, 6.07) is 3.44. The molecule has 1 aliphatic carbocycles.